The minimum absolute atomic E-state index is 0.342. The molecule has 4 nitrogen and oxygen atoms in total. The summed E-state index contributed by atoms with van der Waals surface area (Å²) < 4.78 is 6.26. The number of methoxy groups -OCH3 is 1. The van der Waals surface area contributed by atoms with Crippen LogP contribution in [0.4, 0.5) is 5.69 Å². The Labute approximate surface area is 91.0 Å². The molecule has 0 spiro atoms. The van der Waals surface area contributed by atoms with Crippen molar-refractivity contribution in [2.75, 3.05) is 17.7 Å². The van der Waals surface area contributed by atoms with E-state index in [1.165, 1.54) is 7.11 Å². The highest BCUT2D eigenvalue weighted by Gasteiger charge is 2.05. The molecule has 14 heavy (non-hydrogen) atoms. The van der Waals surface area contributed by atoms with E-state index in [-0.39, 0.29) is 5.97 Å². The summed E-state index contributed by atoms with van der Waals surface area (Å²) in [5.41, 5.74) is 6.83. The summed E-state index contributed by atoms with van der Waals surface area (Å²) in [6.07, 6.45) is 0. The van der Waals surface area contributed by atoms with Gasteiger partial charge in [-0.1, -0.05) is 0 Å². The zero-order chi connectivity index (χ0) is 10.6. The molecule has 5 heteroatoms. The maximum absolute atomic E-state index is 11.1. The van der Waals surface area contributed by atoms with Gasteiger partial charge in [-0.3, -0.25) is 3.93 Å². The number of rotatable bonds is 3. The molecule has 1 rings (SSSR count). The molecule has 0 fully saturated rings. The van der Waals surface area contributed by atoms with Crippen molar-refractivity contribution in [3.05, 3.63) is 29.8 Å². The van der Waals surface area contributed by atoms with Crippen LogP contribution in [0.15, 0.2) is 24.3 Å². The molecular weight excluding hydrogens is 248 g/mol. The molecule has 0 atom stereocenters. The molecule has 0 heterocycles. The standard InChI is InChI=1S/C9H11BrN2O2/c1-14-9(13)7-2-4-8(5-3-7)12(10)6-11/h2-5H,6,11H2,1H3. The van der Waals surface area contributed by atoms with E-state index in [0.717, 1.165) is 5.69 Å². The Hall–Kier alpha value is -1.07. The summed E-state index contributed by atoms with van der Waals surface area (Å²) >= 11 is 3.26. The quantitative estimate of drug-likeness (QED) is 0.507. The Morgan fingerprint density at radius 1 is 1.50 bits per heavy atom. The van der Waals surface area contributed by atoms with E-state index in [4.69, 9.17) is 5.73 Å². The van der Waals surface area contributed by atoms with Crippen LogP contribution < -0.4 is 9.66 Å². The predicted molar refractivity (Wildman–Crippen MR) is 58.2 cm³/mol. The molecule has 0 saturated heterocycles. The van der Waals surface area contributed by atoms with Crippen molar-refractivity contribution in [3.8, 4) is 0 Å². The molecule has 0 unspecified atom stereocenters. The van der Waals surface area contributed by atoms with Crippen LogP contribution in [0.2, 0.25) is 0 Å². The summed E-state index contributed by atoms with van der Waals surface area (Å²) in [6.45, 7) is 0.359. The minimum atomic E-state index is -0.342. The zero-order valence-corrected chi connectivity index (χ0v) is 9.32. The molecule has 0 aromatic heterocycles. The van der Waals surface area contributed by atoms with Gasteiger partial charge in [0.1, 0.15) is 0 Å². The highest BCUT2D eigenvalue weighted by atomic mass is 79.9. The van der Waals surface area contributed by atoms with Gasteiger partial charge in [0, 0.05) is 5.69 Å². The average molecular weight is 259 g/mol. The van der Waals surface area contributed by atoms with E-state index in [1.807, 2.05) is 0 Å². The van der Waals surface area contributed by atoms with Crippen LogP contribution in [0.1, 0.15) is 10.4 Å². The SMILES string of the molecule is COC(=O)c1ccc(N(Br)CN)cc1. The van der Waals surface area contributed by atoms with Crippen LogP contribution in [-0.2, 0) is 4.74 Å². The molecule has 0 aliphatic heterocycles. The second-order valence-corrected chi connectivity index (χ2v) is 3.44. The first-order chi connectivity index (χ1) is 6.69. The van der Waals surface area contributed by atoms with Crippen molar-refractivity contribution < 1.29 is 9.53 Å². The monoisotopic (exact) mass is 258 g/mol. The number of nitrogens with zero attached hydrogens (tertiary/aromatic N) is 1. The number of nitrogens with two attached hydrogens (primary N) is 1. The Bertz CT molecular complexity index is 313. The van der Waals surface area contributed by atoms with E-state index in [0.29, 0.717) is 12.2 Å². The van der Waals surface area contributed by atoms with Crippen molar-refractivity contribution in [2.45, 2.75) is 0 Å². The number of halogens is 1. The lowest BCUT2D eigenvalue weighted by molar-refractivity contribution is 0.0601. The van der Waals surface area contributed by atoms with E-state index >= 15 is 0 Å². The number of benzene rings is 1. The fourth-order valence-corrected chi connectivity index (χ4v) is 1.22. The molecule has 0 aliphatic rings. The van der Waals surface area contributed by atoms with Crippen LogP contribution in [0.25, 0.3) is 0 Å². The largest absolute Gasteiger partial charge is 0.465 e. The lowest BCUT2D eigenvalue weighted by Gasteiger charge is -2.13. The maximum atomic E-state index is 11.1. The Balaban J connectivity index is 2.83. The van der Waals surface area contributed by atoms with E-state index < -0.39 is 0 Å². The molecule has 0 saturated carbocycles. The topological polar surface area (TPSA) is 55.6 Å². The lowest BCUT2D eigenvalue weighted by Crippen LogP contribution is -2.18. The average Bonchev–Trinajstić information content (AvgIpc) is 2.27. The first-order valence-corrected chi connectivity index (χ1v) is 4.71. The van der Waals surface area contributed by atoms with Gasteiger partial charge in [-0.2, -0.15) is 0 Å². The van der Waals surface area contributed by atoms with Crippen molar-refractivity contribution in [1.29, 1.82) is 0 Å². The van der Waals surface area contributed by atoms with Crippen molar-refractivity contribution in [2.24, 2.45) is 5.73 Å². The van der Waals surface area contributed by atoms with Crippen LogP contribution in [-0.4, -0.2) is 19.7 Å². The predicted octanol–water partition coefficient (Wildman–Crippen LogP) is 1.51. The summed E-state index contributed by atoms with van der Waals surface area (Å²) in [7, 11) is 1.35. The molecule has 0 amide bonds. The fourth-order valence-electron chi connectivity index (χ4n) is 0.983. The van der Waals surface area contributed by atoms with Gasteiger partial charge in [0.25, 0.3) is 0 Å². The molecule has 0 bridgehead atoms. The van der Waals surface area contributed by atoms with Crippen molar-refractivity contribution in [1.82, 2.24) is 0 Å². The molecule has 1 aromatic rings. The molecule has 1 aromatic carbocycles. The number of esters is 1. The smallest absolute Gasteiger partial charge is 0.337 e. The Morgan fingerprint density at radius 3 is 2.50 bits per heavy atom. The van der Waals surface area contributed by atoms with Crippen molar-refractivity contribution in [3.63, 3.8) is 0 Å². The van der Waals surface area contributed by atoms with E-state index in [1.54, 1.807) is 28.2 Å². The number of hydrogen-bond donors (Lipinski definition) is 1. The highest BCUT2D eigenvalue weighted by molar-refractivity contribution is 9.10. The van der Waals surface area contributed by atoms with Gasteiger partial charge >= 0.3 is 5.97 Å². The molecule has 76 valence electrons. The number of hydrogen-bond acceptors (Lipinski definition) is 4. The van der Waals surface area contributed by atoms with Gasteiger partial charge in [0.2, 0.25) is 0 Å². The number of anilines is 1. The minimum Gasteiger partial charge on any atom is -0.465 e. The summed E-state index contributed by atoms with van der Waals surface area (Å²) in [6, 6.07) is 6.94. The number of ether oxygens (including phenoxy) is 1. The van der Waals surface area contributed by atoms with Crippen molar-refractivity contribution >= 4 is 27.8 Å². The Kier molecular flexibility index (Phi) is 3.91. The normalized spacial score (nSPS) is 9.64. The number of carbonyl (C=O) groups is 1. The maximum Gasteiger partial charge on any atom is 0.337 e. The van der Waals surface area contributed by atoms with Gasteiger partial charge in [0.15, 0.2) is 0 Å². The number of carbonyl (C=O) groups excluding carboxylic acids is 1. The fraction of sp³-hybridized carbons (Fsp3) is 0.222. The third kappa shape index (κ3) is 2.46. The van der Waals surface area contributed by atoms with Crippen LogP contribution in [0, 0.1) is 0 Å². The van der Waals surface area contributed by atoms with Crippen LogP contribution in [0.3, 0.4) is 0 Å². The second kappa shape index (κ2) is 4.97. The molecule has 0 radical (unpaired) electrons. The second-order valence-electron chi connectivity index (χ2n) is 2.58. The van der Waals surface area contributed by atoms with E-state index in [9.17, 15) is 4.79 Å². The first-order valence-electron chi connectivity index (χ1n) is 4.00. The first kappa shape index (κ1) is 11.0. The molecular formula is C9H11BrN2O2. The molecule has 2 N–H and O–H groups in total. The lowest BCUT2D eigenvalue weighted by atomic mass is 10.2. The van der Waals surface area contributed by atoms with Crippen LogP contribution >= 0.6 is 16.1 Å². The van der Waals surface area contributed by atoms with Crippen LogP contribution in [0.5, 0.6) is 0 Å². The van der Waals surface area contributed by atoms with Gasteiger partial charge in [0.05, 0.1) is 35.5 Å². The zero-order valence-electron chi connectivity index (χ0n) is 7.74. The third-order valence-electron chi connectivity index (χ3n) is 1.73. The van der Waals surface area contributed by atoms with Gasteiger partial charge in [-0.25, -0.2) is 4.79 Å². The third-order valence-corrected chi connectivity index (χ3v) is 2.43. The summed E-state index contributed by atoms with van der Waals surface area (Å²) in [5.74, 6) is -0.342. The summed E-state index contributed by atoms with van der Waals surface area (Å²) in [5, 5.41) is 0. The summed E-state index contributed by atoms with van der Waals surface area (Å²) in [4.78, 5) is 11.1. The molecule has 0 aliphatic carbocycles. The van der Waals surface area contributed by atoms with Gasteiger partial charge < -0.3 is 10.5 Å². The van der Waals surface area contributed by atoms with E-state index in [2.05, 4.69) is 20.9 Å². The highest BCUT2D eigenvalue weighted by Crippen LogP contribution is 2.17. The van der Waals surface area contributed by atoms with Gasteiger partial charge in [-0.15, -0.1) is 0 Å². The Morgan fingerprint density at radius 2 is 2.07 bits per heavy atom. The van der Waals surface area contributed by atoms with Gasteiger partial charge in [-0.05, 0) is 24.3 Å².